The molecule has 0 aliphatic carbocycles. The summed E-state index contributed by atoms with van der Waals surface area (Å²) in [5, 5.41) is 9.79. The molecule has 78 valence electrons. The third kappa shape index (κ3) is 2.81. The summed E-state index contributed by atoms with van der Waals surface area (Å²) in [4.78, 5) is 4.10. The molecule has 14 heavy (non-hydrogen) atoms. The van der Waals surface area contributed by atoms with Crippen molar-refractivity contribution >= 4 is 28.1 Å². The van der Waals surface area contributed by atoms with Crippen LogP contribution in [0.1, 0.15) is 0 Å². The molecule has 0 spiro atoms. The topological polar surface area (TPSA) is 46.2 Å². The van der Waals surface area contributed by atoms with Gasteiger partial charge in [0.15, 0.2) is 5.13 Å². The van der Waals surface area contributed by atoms with Crippen molar-refractivity contribution in [2.45, 2.75) is 6.04 Å². The maximum Gasteiger partial charge on any atom is 0.184 e. The first-order valence-corrected chi connectivity index (χ1v) is 5.76. The summed E-state index contributed by atoms with van der Waals surface area (Å²) in [7, 11) is 0. The Kier molecular flexibility index (Phi) is 3.58. The van der Waals surface area contributed by atoms with Crippen LogP contribution in [-0.4, -0.2) is 37.3 Å². The van der Waals surface area contributed by atoms with Gasteiger partial charge in [-0.25, -0.2) is 4.98 Å². The molecule has 2 rings (SSSR count). The molecule has 0 saturated carbocycles. The lowest BCUT2D eigenvalue weighted by molar-refractivity contribution is 0.0806. The van der Waals surface area contributed by atoms with Crippen LogP contribution >= 0.6 is 22.9 Å². The third-order valence-corrected chi connectivity index (χ3v) is 3.10. The van der Waals surface area contributed by atoms with Crippen molar-refractivity contribution in [2.24, 2.45) is 0 Å². The Bertz CT molecular complexity index is 288. The van der Waals surface area contributed by atoms with E-state index in [2.05, 4.69) is 15.6 Å². The predicted octanol–water partition coefficient (Wildman–Crippen LogP) is 1.20. The Balaban J connectivity index is 1.76. The van der Waals surface area contributed by atoms with E-state index in [-0.39, 0.29) is 0 Å². The van der Waals surface area contributed by atoms with Gasteiger partial charge >= 0.3 is 0 Å². The summed E-state index contributed by atoms with van der Waals surface area (Å²) in [5.41, 5.74) is 0. The molecule has 1 aliphatic heterocycles. The highest BCUT2D eigenvalue weighted by Crippen LogP contribution is 2.18. The molecule has 6 heteroatoms. The third-order valence-electron chi connectivity index (χ3n) is 1.97. The van der Waals surface area contributed by atoms with Crippen molar-refractivity contribution < 1.29 is 4.74 Å². The first kappa shape index (κ1) is 10.2. The fourth-order valence-corrected chi connectivity index (χ4v) is 2.14. The van der Waals surface area contributed by atoms with Crippen LogP contribution in [0, 0.1) is 0 Å². The van der Waals surface area contributed by atoms with Crippen molar-refractivity contribution in [3.63, 3.8) is 0 Å². The van der Waals surface area contributed by atoms with E-state index in [9.17, 15) is 0 Å². The van der Waals surface area contributed by atoms with E-state index in [1.165, 1.54) is 11.3 Å². The second-order valence-corrected chi connectivity index (χ2v) is 4.33. The predicted molar refractivity (Wildman–Crippen MR) is 58.2 cm³/mol. The number of hydrogen-bond acceptors (Lipinski definition) is 5. The quantitative estimate of drug-likeness (QED) is 0.824. The highest BCUT2D eigenvalue weighted by molar-refractivity contribution is 7.14. The minimum absolute atomic E-state index is 0.367. The summed E-state index contributed by atoms with van der Waals surface area (Å²) in [5.74, 6) is 0. The summed E-state index contributed by atoms with van der Waals surface area (Å²) < 4.78 is 5.33. The molecule has 2 heterocycles. The molecule has 0 radical (unpaired) electrons. The number of nitrogens with zero attached hydrogens (tertiary/aromatic N) is 1. The van der Waals surface area contributed by atoms with E-state index < -0.39 is 0 Å². The minimum atomic E-state index is 0.367. The van der Waals surface area contributed by atoms with Crippen molar-refractivity contribution in [1.29, 1.82) is 0 Å². The zero-order chi connectivity index (χ0) is 9.80. The van der Waals surface area contributed by atoms with Crippen molar-refractivity contribution in [1.82, 2.24) is 10.3 Å². The van der Waals surface area contributed by atoms with Gasteiger partial charge in [0.2, 0.25) is 0 Å². The number of hydrogen-bond donors (Lipinski definition) is 2. The number of nitrogens with one attached hydrogen (secondary N) is 2. The molecule has 2 N–H and O–H groups in total. The summed E-state index contributed by atoms with van der Waals surface area (Å²) in [6.45, 7) is 3.31. The number of anilines is 1. The van der Waals surface area contributed by atoms with Crippen molar-refractivity contribution in [3.05, 3.63) is 10.5 Å². The van der Waals surface area contributed by atoms with Crippen LogP contribution in [0.15, 0.2) is 5.38 Å². The Morgan fingerprint density at radius 1 is 1.79 bits per heavy atom. The van der Waals surface area contributed by atoms with Gasteiger partial charge in [0.25, 0.3) is 0 Å². The van der Waals surface area contributed by atoms with E-state index >= 15 is 0 Å². The van der Waals surface area contributed by atoms with Gasteiger partial charge in [-0.3, -0.25) is 0 Å². The van der Waals surface area contributed by atoms with Crippen LogP contribution < -0.4 is 10.6 Å². The van der Waals surface area contributed by atoms with Crippen LogP contribution in [0.2, 0.25) is 5.15 Å². The molecular formula is C8H12ClN3OS. The van der Waals surface area contributed by atoms with E-state index in [0.717, 1.165) is 31.4 Å². The van der Waals surface area contributed by atoms with Crippen LogP contribution in [0.4, 0.5) is 5.13 Å². The smallest absolute Gasteiger partial charge is 0.184 e. The molecule has 0 aromatic carbocycles. The molecule has 1 atom stereocenters. The van der Waals surface area contributed by atoms with Crippen molar-refractivity contribution in [3.8, 4) is 0 Å². The SMILES string of the molecule is Clc1csc(NCC2COCCN2)n1. The zero-order valence-corrected chi connectivity index (χ0v) is 9.20. The number of aromatic nitrogens is 1. The molecule has 0 amide bonds. The van der Waals surface area contributed by atoms with Crippen LogP contribution in [0.3, 0.4) is 0 Å². The standard InChI is InChI=1S/C8H12ClN3OS/c9-7-5-14-8(12-7)11-3-6-4-13-2-1-10-6/h5-6,10H,1-4H2,(H,11,12). The number of morpholine rings is 1. The van der Waals surface area contributed by atoms with Gasteiger partial charge in [0.1, 0.15) is 5.15 Å². The van der Waals surface area contributed by atoms with Crippen LogP contribution in [-0.2, 0) is 4.74 Å². The first-order valence-electron chi connectivity index (χ1n) is 4.50. The largest absolute Gasteiger partial charge is 0.378 e. The number of rotatable bonds is 3. The monoisotopic (exact) mass is 233 g/mol. The van der Waals surface area contributed by atoms with Gasteiger partial charge in [-0.05, 0) is 0 Å². The molecule has 4 nitrogen and oxygen atoms in total. The highest BCUT2D eigenvalue weighted by atomic mass is 35.5. The second-order valence-electron chi connectivity index (χ2n) is 3.08. The minimum Gasteiger partial charge on any atom is -0.378 e. The maximum atomic E-state index is 5.70. The lowest BCUT2D eigenvalue weighted by atomic mass is 10.3. The Labute approximate surface area is 91.6 Å². The lowest BCUT2D eigenvalue weighted by Gasteiger charge is -2.23. The Morgan fingerprint density at radius 2 is 2.71 bits per heavy atom. The normalized spacial score (nSPS) is 22.2. The number of ether oxygens (including phenoxy) is 1. The van der Waals surface area contributed by atoms with E-state index in [1.54, 1.807) is 0 Å². The average molecular weight is 234 g/mol. The highest BCUT2D eigenvalue weighted by Gasteiger charge is 2.12. The fraction of sp³-hybridized carbons (Fsp3) is 0.625. The van der Waals surface area contributed by atoms with Gasteiger partial charge in [-0.15, -0.1) is 11.3 Å². The van der Waals surface area contributed by atoms with Gasteiger partial charge in [0, 0.05) is 24.5 Å². The lowest BCUT2D eigenvalue weighted by Crippen LogP contribution is -2.45. The Morgan fingerprint density at radius 3 is 3.36 bits per heavy atom. The van der Waals surface area contributed by atoms with Gasteiger partial charge in [-0.2, -0.15) is 0 Å². The number of halogens is 1. The van der Waals surface area contributed by atoms with Gasteiger partial charge in [-0.1, -0.05) is 11.6 Å². The zero-order valence-electron chi connectivity index (χ0n) is 7.62. The van der Waals surface area contributed by atoms with E-state index in [1.807, 2.05) is 5.38 Å². The van der Waals surface area contributed by atoms with Gasteiger partial charge < -0.3 is 15.4 Å². The average Bonchev–Trinajstić information content (AvgIpc) is 2.63. The van der Waals surface area contributed by atoms with Crippen molar-refractivity contribution in [2.75, 3.05) is 31.6 Å². The first-order chi connectivity index (χ1) is 6.84. The molecule has 1 aromatic rings. The molecule has 1 unspecified atom stereocenters. The molecular weight excluding hydrogens is 222 g/mol. The van der Waals surface area contributed by atoms with E-state index in [0.29, 0.717) is 11.2 Å². The molecule has 1 aliphatic rings. The molecule has 1 saturated heterocycles. The van der Waals surface area contributed by atoms with E-state index in [4.69, 9.17) is 16.3 Å². The van der Waals surface area contributed by atoms with Crippen LogP contribution in [0.5, 0.6) is 0 Å². The summed E-state index contributed by atoms with van der Waals surface area (Å²) in [6.07, 6.45) is 0. The molecule has 1 aromatic heterocycles. The summed E-state index contributed by atoms with van der Waals surface area (Å²) in [6, 6.07) is 0.367. The second kappa shape index (κ2) is 4.93. The van der Waals surface area contributed by atoms with Gasteiger partial charge in [0.05, 0.1) is 13.2 Å². The summed E-state index contributed by atoms with van der Waals surface area (Å²) >= 11 is 7.22. The van der Waals surface area contributed by atoms with Crippen LogP contribution in [0.25, 0.3) is 0 Å². The molecule has 1 fully saturated rings. The number of thiazole rings is 1. The fourth-order valence-electron chi connectivity index (χ4n) is 1.30. The molecule has 0 bridgehead atoms. The maximum absolute atomic E-state index is 5.70. The Hall–Kier alpha value is -0.360.